The van der Waals surface area contributed by atoms with Crippen molar-refractivity contribution in [3.8, 4) is 5.75 Å². The van der Waals surface area contributed by atoms with E-state index >= 15 is 0 Å². The van der Waals surface area contributed by atoms with Crippen LogP contribution in [0.15, 0.2) is 6.20 Å². The number of phosphoric acid groups is 1. The van der Waals surface area contributed by atoms with Crippen molar-refractivity contribution in [2.24, 2.45) is 5.73 Å². The van der Waals surface area contributed by atoms with Crippen LogP contribution in [0.1, 0.15) is 36.1 Å². The van der Waals surface area contributed by atoms with Crippen LogP contribution < -0.4 is 11.1 Å². The SMILES string of the molecule is Cc1ncc(COP(=O)(O)O)c(CNCCCCCN)c1O. The normalized spacial score (nSPS) is 11.8. The number of hydrogen-bond donors (Lipinski definition) is 5. The number of nitrogens with zero attached hydrogens (tertiary/aromatic N) is 1. The minimum absolute atomic E-state index is 0.0151. The summed E-state index contributed by atoms with van der Waals surface area (Å²) in [6.07, 6.45) is 4.42. The van der Waals surface area contributed by atoms with Crippen LogP contribution in [0, 0.1) is 6.92 Å². The van der Waals surface area contributed by atoms with Gasteiger partial charge in [0.25, 0.3) is 0 Å². The molecule has 9 heteroatoms. The Labute approximate surface area is 130 Å². The number of aromatic hydroxyl groups is 1. The van der Waals surface area contributed by atoms with E-state index in [1.807, 2.05) is 0 Å². The first-order valence-corrected chi connectivity index (χ1v) is 8.65. The number of aryl methyl sites for hydroxylation is 1. The average Bonchev–Trinajstić information content (AvgIpc) is 2.45. The van der Waals surface area contributed by atoms with Crippen molar-refractivity contribution in [2.75, 3.05) is 13.1 Å². The summed E-state index contributed by atoms with van der Waals surface area (Å²) in [5.74, 6) is 0.0151. The molecule has 1 heterocycles. The smallest absolute Gasteiger partial charge is 0.469 e. The van der Waals surface area contributed by atoms with E-state index < -0.39 is 7.82 Å². The third kappa shape index (κ3) is 6.83. The lowest BCUT2D eigenvalue weighted by Crippen LogP contribution is -2.17. The number of nitrogens with two attached hydrogens (primary N) is 1. The minimum Gasteiger partial charge on any atom is -0.506 e. The lowest BCUT2D eigenvalue weighted by molar-refractivity contribution is 0.188. The highest BCUT2D eigenvalue weighted by atomic mass is 31.2. The summed E-state index contributed by atoms with van der Waals surface area (Å²) >= 11 is 0. The predicted octanol–water partition coefficient (Wildman–Crippen LogP) is 0.924. The van der Waals surface area contributed by atoms with E-state index in [0.717, 1.165) is 25.8 Å². The van der Waals surface area contributed by atoms with E-state index in [2.05, 4.69) is 14.8 Å². The number of pyridine rings is 1. The van der Waals surface area contributed by atoms with Gasteiger partial charge in [-0.15, -0.1) is 0 Å². The molecule has 0 aliphatic carbocycles. The van der Waals surface area contributed by atoms with Gasteiger partial charge in [0, 0.05) is 23.9 Å². The number of aromatic nitrogens is 1. The Bertz CT molecular complexity index is 521. The molecule has 22 heavy (non-hydrogen) atoms. The van der Waals surface area contributed by atoms with Crippen molar-refractivity contribution in [3.05, 3.63) is 23.0 Å². The summed E-state index contributed by atoms with van der Waals surface area (Å²) in [4.78, 5) is 21.5. The van der Waals surface area contributed by atoms with Crippen molar-refractivity contribution in [1.29, 1.82) is 0 Å². The predicted molar refractivity (Wildman–Crippen MR) is 82.1 cm³/mol. The lowest BCUT2D eigenvalue weighted by atomic mass is 10.1. The van der Waals surface area contributed by atoms with Gasteiger partial charge in [0.15, 0.2) is 0 Å². The first-order chi connectivity index (χ1) is 10.3. The Balaban J connectivity index is 2.65. The zero-order valence-electron chi connectivity index (χ0n) is 12.7. The van der Waals surface area contributed by atoms with Crippen LogP contribution in [0.2, 0.25) is 0 Å². The Kier molecular flexibility index (Phi) is 7.95. The number of rotatable bonds is 10. The first kappa shape index (κ1) is 19.0. The van der Waals surface area contributed by atoms with Crippen molar-refractivity contribution in [1.82, 2.24) is 10.3 Å². The van der Waals surface area contributed by atoms with Crippen molar-refractivity contribution in [3.63, 3.8) is 0 Å². The largest absolute Gasteiger partial charge is 0.506 e. The fraction of sp³-hybridized carbons (Fsp3) is 0.615. The maximum atomic E-state index is 10.8. The molecular weight excluding hydrogens is 309 g/mol. The Morgan fingerprint density at radius 3 is 2.73 bits per heavy atom. The minimum atomic E-state index is -4.56. The quantitative estimate of drug-likeness (QED) is 0.315. The average molecular weight is 333 g/mol. The van der Waals surface area contributed by atoms with Gasteiger partial charge in [0.2, 0.25) is 0 Å². The van der Waals surface area contributed by atoms with Crippen LogP contribution in [0.3, 0.4) is 0 Å². The molecule has 8 nitrogen and oxygen atoms in total. The fourth-order valence-corrected chi connectivity index (χ4v) is 2.25. The molecule has 1 rings (SSSR count). The summed E-state index contributed by atoms with van der Waals surface area (Å²) in [6, 6.07) is 0. The molecule has 1 aromatic rings. The fourth-order valence-electron chi connectivity index (χ4n) is 1.94. The van der Waals surface area contributed by atoms with Crippen LogP contribution in [0.5, 0.6) is 5.75 Å². The molecule has 0 aliphatic rings. The van der Waals surface area contributed by atoms with Crippen molar-refractivity contribution in [2.45, 2.75) is 39.3 Å². The third-order valence-corrected chi connectivity index (χ3v) is 3.64. The summed E-state index contributed by atoms with van der Waals surface area (Å²) in [6.45, 7) is 3.16. The first-order valence-electron chi connectivity index (χ1n) is 7.12. The third-order valence-electron chi connectivity index (χ3n) is 3.18. The van der Waals surface area contributed by atoms with Gasteiger partial charge in [-0.3, -0.25) is 9.51 Å². The molecule has 6 N–H and O–H groups in total. The van der Waals surface area contributed by atoms with E-state index in [4.69, 9.17) is 15.5 Å². The molecule has 0 bridgehead atoms. The molecule has 0 aliphatic heterocycles. The maximum Gasteiger partial charge on any atom is 0.469 e. The summed E-state index contributed by atoms with van der Waals surface area (Å²) in [7, 11) is -4.56. The second-order valence-electron chi connectivity index (χ2n) is 4.99. The number of nitrogens with one attached hydrogen (secondary N) is 1. The molecule has 0 radical (unpaired) electrons. The van der Waals surface area contributed by atoms with E-state index in [-0.39, 0.29) is 12.4 Å². The highest BCUT2D eigenvalue weighted by molar-refractivity contribution is 7.46. The van der Waals surface area contributed by atoms with E-state index in [1.54, 1.807) is 6.92 Å². The molecule has 0 unspecified atom stereocenters. The molecule has 0 fully saturated rings. The number of hydrogen-bond acceptors (Lipinski definition) is 6. The van der Waals surface area contributed by atoms with Crippen LogP contribution in [0.25, 0.3) is 0 Å². The van der Waals surface area contributed by atoms with Gasteiger partial charge in [-0.2, -0.15) is 0 Å². The Morgan fingerprint density at radius 2 is 2.09 bits per heavy atom. The summed E-state index contributed by atoms with van der Waals surface area (Å²) in [5, 5.41) is 13.3. The topological polar surface area (TPSA) is 138 Å². The van der Waals surface area contributed by atoms with Gasteiger partial charge < -0.3 is 25.9 Å². The van der Waals surface area contributed by atoms with Gasteiger partial charge in [0.05, 0.1) is 12.3 Å². The molecule has 0 spiro atoms. The molecule has 0 atom stereocenters. The van der Waals surface area contributed by atoms with Crippen LogP contribution in [-0.2, 0) is 22.2 Å². The van der Waals surface area contributed by atoms with Crippen LogP contribution >= 0.6 is 7.82 Å². The summed E-state index contributed by atoms with van der Waals surface area (Å²) < 4.78 is 15.3. The van der Waals surface area contributed by atoms with Gasteiger partial charge in [-0.1, -0.05) is 6.42 Å². The van der Waals surface area contributed by atoms with Gasteiger partial charge in [0.1, 0.15) is 5.75 Å². The zero-order valence-corrected chi connectivity index (χ0v) is 13.6. The van der Waals surface area contributed by atoms with Gasteiger partial charge in [-0.05, 0) is 32.9 Å². The number of phosphoric ester groups is 1. The van der Waals surface area contributed by atoms with Crippen LogP contribution in [0.4, 0.5) is 0 Å². The lowest BCUT2D eigenvalue weighted by Gasteiger charge is -2.14. The molecule has 0 saturated carbocycles. The number of unbranched alkanes of at least 4 members (excludes halogenated alkanes) is 2. The highest BCUT2D eigenvalue weighted by Gasteiger charge is 2.17. The van der Waals surface area contributed by atoms with Gasteiger partial charge in [-0.25, -0.2) is 4.57 Å². The monoisotopic (exact) mass is 333 g/mol. The molecule has 1 aromatic heterocycles. The van der Waals surface area contributed by atoms with E-state index in [9.17, 15) is 9.67 Å². The molecule has 126 valence electrons. The van der Waals surface area contributed by atoms with E-state index in [1.165, 1.54) is 6.20 Å². The molecular formula is C13H24N3O5P. The Morgan fingerprint density at radius 1 is 1.36 bits per heavy atom. The highest BCUT2D eigenvalue weighted by Crippen LogP contribution is 2.38. The molecule has 0 aromatic carbocycles. The second-order valence-corrected chi connectivity index (χ2v) is 6.23. The van der Waals surface area contributed by atoms with Crippen molar-refractivity contribution < 1.29 is 24.0 Å². The van der Waals surface area contributed by atoms with Crippen molar-refractivity contribution >= 4 is 7.82 Å². The molecule has 0 saturated heterocycles. The van der Waals surface area contributed by atoms with E-state index in [0.29, 0.717) is 29.9 Å². The van der Waals surface area contributed by atoms with Gasteiger partial charge >= 0.3 is 7.82 Å². The zero-order chi connectivity index (χ0) is 16.6. The standard InChI is InChI=1S/C13H24N3O5P/c1-10-13(17)12(8-15-6-4-2-3-5-14)11(7-16-10)9-21-22(18,19)20/h7,15,17H,2-6,8-9,14H2,1H3,(H2,18,19,20). The van der Waals surface area contributed by atoms with Crippen LogP contribution in [-0.4, -0.2) is 33.0 Å². The maximum absolute atomic E-state index is 10.8. The Hall–Kier alpha value is -1.02. The molecule has 0 amide bonds. The summed E-state index contributed by atoms with van der Waals surface area (Å²) in [5.41, 5.74) is 6.87. The second kappa shape index (κ2) is 9.19.